The summed E-state index contributed by atoms with van der Waals surface area (Å²) in [5.41, 5.74) is 2.95. The topological polar surface area (TPSA) is 41.6 Å². The molecule has 3 rings (SSSR count). The third-order valence-corrected chi connectivity index (χ3v) is 3.69. The van der Waals surface area contributed by atoms with Crippen LogP contribution in [-0.2, 0) is 13.0 Å². The molecule has 3 aromatic rings. The van der Waals surface area contributed by atoms with Crippen LogP contribution in [0.25, 0.3) is 11.0 Å². The summed E-state index contributed by atoms with van der Waals surface area (Å²) in [7, 11) is 0. The highest BCUT2D eigenvalue weighted by Crippen LogP contribution is 2.20. The molecule has 1 atom stereocenters. The first-order valence-electron chi connectivity index (χ1n) is 7.25. The Bertz CT molecular complexity index is 828. The number of aromatic nitrogens is 2. The van der Waals surface area contributed by atoms with Crippen molar-refractivity contribution < 1.29 is 4.39 Å². The minimum absolute atomic E-state index is 0.0930. The van der Waals surface area contributed by atoms with Crippen LogP contribution in [0.2, 0.25) is 0 Å². The molecule has 0 bridgehead atoms. The first kappa shape index (κ1) is 14.3. The molecule has 0 spiro atoms. The summed E-state index contributed by atoms with van der Waals surface area (Å²) in [6.07, 6.45) is 0.618. The number of halogens is 1. The third-order valence-electron chi connectivity index (χ3n) is 3.69. The molecule has 0 saturated heterocycles. The monoisotopic (exact) mass is 293 g/mol. The molecule has 110 valence electrons. The molecule has 1 heterocycles. The summed E-state index contributed by atoms with van der Waals surface area (Å²) in [6, 6.07) is 16.6. The maximum Gasteiger partial charge on any atom is 0.123 e. The molecule has 0 radical (unpaired) electrons. The van der Waals surface area contributed by atoms with Crippen molar-refractivity contribution in [1.29, 1.82) is 5.26 Å². The highest BCUT2D eigenvalue weighted by atomic mass is 19.1. The Labute approximate surface area is 128 Å². The fourth-order valence-electron chi connectivity index (χ4n) is 2.56. The zero-order valence-corrected chi connectivity index (χ0v) is 12.3. The van der Waals surface area contributed by atoms with E-state index >= 15 is 0 Å². The number of imidazole rings is 1. The lowest BCUT2D eigenvalue weighted by Crippen LogP contribution is -2.10. The second-order valence-electron chi connectivity index (χ2n) is 5.46. The fraction of sp³-hybridized carbons (Fsp3) is 0.222. The van der Waals surface area contributed by atoms with Crippen molar-refractivity contribution >= 4 is 11.0 Å². The largest absolute Gasteiger partial charge is 0.326 e. The zero-order chi connectivity index (χ0) is 15.5. The van der Waals surface area contributed by atoms with Crippen LogP contribution in [0.3, 0.4) is 0 Å². The Morgan fingerprint density at radius 2 is 1.91 bits per heavy atom. The van der Waals surface area contributed by atoms with E-state index in [9.17, 15) is 4.39 Å². The van der Waals surface area contributed by atoms with Crippen molar-refractivity contribution in [2.45, 2.75) is 19.9 Å². The lowest BCUT2D eigenvalue weighted by molar-refractivity contribution is 0.574. The van der Waals surface area contributed by atoms with Crippen molar-refractivity contribution in [1.82, 2.24) is 9.55 Å². The van der Waals surface area contributed by atoms with Crippen molar-refractivity contribution in [3.05, 3.63) is 65.7 Å². The predicted molar refractivity (Wildman–Crippen MR) is 83.7 cm³/mol. The Balaban J connectivity index is 2.02. The van der Waals surface area contributed by atoms with E-state index in [1.807, 2.05) is 31.2 Å². The number of para-hydroxylation sites is 2. The number of rotatable bonds is 4. The molecule has 3 nitrogen and oxygen atoms in total. The minimum Gasteiger partial charge on any atom is -0.326 e. The van der Waals surface area contributed by atoms with E-state index < -0.39 is 0 Å². The van der Waals surface area contributed by atoms with E-state index in [2.05, 4.69) is 15.6 Å². The van der Waals surface area contributed by atoms with Crippen LogP contribution in [0.5, 0.6) is 0 Å². The van der Waals surface area contributed by atoms with Crippen LogP contribution in [0, 0.1) is 23.1 Å². The lowest BCUT2D eigenvalue weighted by Gasteiger charge is -2.10. The van der Waals surface area contributed by atoms with Crippen molar-refractivity contribution in [2.24, 2.45) is 5.92 Å². The van der Waals surface area contributed by atoms with Gasteiger partial charge in [0.05, 0.1) is 23.0 Å². The Kier molecular flexibility index (Phi) is 3.88. The van der Waals surface area contributed by atoms with Crippen LogP contribution < -0.4 is 0 Å². The van der Waals surface area contributed by atoms with Gasteiger partial charge < -0.3 is 4.57 Å². The molecule has 0 N–H and O–H groups in total. The minimum atomic E-state index is -0.240. The highest BCUT2D eigenvalue weighted by Gasteiger charge is 2.13. The molecule has 0 saturated carbocycles. The van der Waals surface area contributed by atoms with Gasteiger partial charge in [0, 0.05) is 13.0 Å². The van der Waals surface area contributed by atoms with E-state index in [1.54, 1.807) is 12.1 Å². The zero-order valence-electron chi connectivity index (χ0n) is 12.3. The van der Waals surface area contributed by atoms with Gasteiger partial charge in [-0.1, -0.05) is 24.3 Å². The summed E-state index contributed by atoms with van der Waals surface area (Å²) < 4.78 is 15.1. The Morgan fingerprint density at radius 3 is 2.64 bits per heavy atom. The molecular weight excluding hydrogens is 277 g/mol. The number of nitrogens with zero attached hydrogens (tertiary/aromatic N) is 3. The van der Waals surface area contributed by atoms with E-state index in [1.165, 1.54) is 12.1 Å². The molecule has 0 amide bonds. The maximum atomic E-state index is 13.0. The van der Waals surface area contributed by atoms with Gasteiger partial charge in [0.25, 0.3) is 0 Å². The van der Waals surface area contributed by atoms with Gasteiger partial charge >= 0.3 is 0 Å². The van der Waals surface area contributed by atoms with Gasteiger partial charge in [0.2, 0.25) is 0 Å². The van der Waals surface area contributed by atoms with Gasteiger partial charge in [-0.3, -0.25) is 0 Å². The molecule has 0 aliphatic heterocycles. The molecule has 2 aromatic carbocycles. The number of benzene rings is 2. The molecule has 0 aliphatic carbocycles. The van der Waals surface area contributed by atoms with E-state index in [0.29, 0.717) is 13.0 Å². The summed E-state index contributed by atoms with van der Waals surface area (Å²) >= 11 is 0. The van der Waals surface area contributed by atoms with E-state index in [4.69, 9.17) is 5.26 Å². The van der Waals surface area contributed by atoms with Crippen LogP contribution in [0.4, 0.5) is 4.39 Å². The van der Waals surface area contributed by atoms with Crippen LogP contribution >= 0.6 is 0 Å². The number of fused-ring (bicyclic) bond motifs is 1. The molecule has 0 aliphatic rings. The number of hydrogen-bond acceptors (Lipinski definition) is 2. The Hall–Kier alpha value is -2.67. The summed E-state index contributed by atoms with van der Waals surface area (Å²) in [5.74, 6) is 0.565. The van der Waals surface area contributed by atoms with Crippen LogP contribution in [0.1, 0.15) is 18.3 Å². The van der Waals surface area contributed by atoms with Crippen LogP contribution in [-0.4, -0.2) is 9.55 Å². The van der Waals surface area contributed by atoms with E-state index in [0.717, 1.165) is 22.4 Å². The highest BCUT2D eigenvalue weighted by molar-refractivity contribution is 5.76. The van der Waals surface area contributed by atoms with Gasteiger partial charge in [-0.2, -0.15) is 5.26 Å². The second kappa shape index (κ2) is 5.98. The summed E-state index contributed by atoms with van der Waals surface area (Å²) in [5, 5.41) is 9.09. The Morgan fingerprint density at radius 1 is 1.18 bits per heavy atom. The van der Waals surface area contributed by atoms with Crippen molar-refractivity contribution in [3.8, 4) is 6.07 Å². The number of nitriles is 1. The van der Waals surface area contributed by atoms with E-state index in [-0.39, 0.29) is 11.7 Å². The molecule has 1 unspecified atom stereocenters. The average Bonchev–Trinajstić information content (AvgIpc) is 2.87. The predicted octanol–water partition coefficient (Wildman–Crippen LogP) is 3.93. The van der Waals surface area contributed by atoms with Crippen molar-refractivity contribution in [2.75, 3.05) is 0 Å². The summed E-state index contributed by atoms with van der Waals surface area (Å²) in [4.78, 5) is 4.68. The SMILES string of the molecule is CC(C#N)Cn1c(Cc2ccc(F)cc2)nc2ccccc21. The van der Waals surface area contributed by atoms with Gasteiger partial charge in [-0.05, 0) is 36.8 Å². The molecule has 22 heavy (non-hydrogen) atoms. The van der Waals surface area contributed by atoms with Gasteiger partial charge in [-0.15, -0.1) is 0 Å². The summed E-state index contributed by atoms with van der Waals surface area (Å²) in [6.45, 7) is 2.50. The number of hydrogen-bond donors (Lipinski definition) is 0. The fourth-order valence-corrected chi connectivity index (χ4v) is 2.56. The average molecular weight is 293 g/mol. The molecule has 4 heteroatoms. The van der Waals surface area contributed by atoms with Gasteiger partial charge in [-0.25, -0.2) is 9.37 Å². The first-order valence-corrected chi connectivity index (χ1v) is 7.25. The van der Waals surface area contributed by atoms with Gasteiger partial charge in [0.15, 0.2) is 0 Å². The smallest absolute Gasteiger partial charge is 0.123 e. The first-order chi connectivity index (χ1) is 10.7. The normalized spacial score (nSPS) is 12.2. The van der Waals surface area contributed by atoms with Crippen molar-refractivity contribution in [3.63, 3.8) is 0 Å². The third kappa shape index (κ3) is 2.84. The standard InChI is InChI=1S/C18H16FN3/c1-13(11-20)12-22-17-5-3-2-4-16(17)21-18(22)10-14-6-8-15(19)9-7-14/h2-9,13H,10,12H2,1H3. The molecule has 0 fully saturated rings. The molecular formula is C18H16FN3. The maximum absolute atomic E-state index is 13.0. The molecule has 1 aromatic heterocycles. The van der Waals surface area contributed by atoms with Gasteiger partial charge in [0.1, 0.15) is 11.6 Å². The van der Waals surface area contributed by atoms with Crippen LogP contribution in [0.15, 0.2) is 48.5 Å². The quantitative estimate of drug-likeness (QED) is 0.731. The second-order valence-corrected chi connectivity index (χ2v) is 5.46. The lowest BCUT2D eigenvalue weighted by atomic mass is 10.1.